The molecule has 1 aliphatic carbocycles. The Morgan fingerprint density at radius 2 is 0.852 bits per heavy atom. The van der Waals surface area contributed by atoms with Crippen molar-refractivity contribution in [2.75, 3.05) is 4.90 Å². The normalized spacial score (nSPS) is 12.8. The van der Waals surface area contributed by atoms with E-state index in [0.717, 1.165) is 17.1 Å². The smallest absolute Gasteiger partial charge is 0.0540 e. The van der Waals surface area contributed by atoms with Crippen LogP contribution in [0.4, 0.5) is 17.1 Å². The zero-order valence-corrected chi connectivity index (χ0v) is 30.5. The monoisotopic (exact) mass is 689 g/mol. The van der Waals surface area contributed by atoms with Gasteiger partial charge in [0.1, 0.15) is 0 Å². The van der Waals surface area contributed by atoms with Crippen LogP contribution in [-0.2, 0) is 5.41 Å². The van der Waals surface area contributed by atoms with Crippen molar-refractivity contribution in [2.45, 2.75) is 19.3 Å². The number of hydrogen-bond acceptors (Lipinski definition) is 1. The Labute approximate surface area is 317 Å². The van der Waals surface area contributed by atoms with E-state index in [1.54, 1.807) is 0 Å². The third kappa shape index (κ3) is 5.24. The summed E-state index contributed by atoms with van der Waals surface area (Å²) in [6.07, 6.45) is 0. The zero-order valence-electron chi connectivity index (χ0n) is 30.5. The molecule has 0 radical (unpaired) electrons. The van der Waals surface area contributed by atoms with E-state index in [9.17, 15) is 0 Å². The number of hydrogen-bond donors (Lipinski definition) is 0. The molecule has 1 heteroatoms. The molecule has 0 aliphatic heterocycles. The second-order valence-corrected chi connectivity index (χ2v) is 14.9. The predicted octanol–water partition coefficient (Wildman–Crippen LogP) is 14.8. The van der Waals surface area contributed by atoms with Crippen LogP contribution in [0.5, 0.6) is 0 Å². The lowest BCUT2D eigenvalue weighted by Gasteiger charge is -2.30. The van der Waals surface area contributed by atoms with Gasteiger partial charge >= 0.3 is 0 Å². The largest absolute Gasteiger partial charge is 0.309 e. The molecular weight excluding hydrogens is 651 g/mol. The highest BCUT2D eigenvalue weighted by Crippen LogP contribution is 2.53. The minimum absolute atomic E-state index is 0.196. The number of rotatable bonds is 6. The van der Waals surface area contributed by atoms with Crippen molar-refractivity contribution in [3.05, 3.63) is 211 Å². The average Bonchev–Trinajstić information content (AvgIpc) is 3.46. The third-order valence-corrected chi connectivity index (χ3v) is 11.5. The Bertz CT molecular complexity index is 2830. The van der Waals surface area contributed by atoms with Crippen molar-refractivity contribution in [3.63, 3.8) is 0 Å². The molecule has 10 rings (SSSR count). The number of benzene rings is 9. The summed E-state index contributed by atoms with van der Waals surface area (Å²) >= 11 is 0. The van der Waals surface area contributed by atoms with E-state index in [4.69, 9.17) is 0 Å². The van der Waals surface area contributed by atoms with Crippen LogP contribution in [0.3, 0.4) is 0 Å². The van der Waals surface area contributed by atoms with Crippen molar-refractivity contribution in [1.82, 2.24) is 0 Å². The van der Waals surface area contributed by atoms with E-state index in [0.29, 0.717) is 0 Å². The van der Waals surface area contributed by atoms with Gasteiger partial charge in [-0.2, -0.15) is 0 Å². The fourth-order valence-corrected chi connectivity index (χ4v) is 8.71. The van der Waals surface area contributed by atoms with Gasteiger partial charge in [-0.1, -0.05) is 184 Å². The molecule has 1 nitrogen and oxygen atoms in total. The molecule has 0 N–H and O–H groups in total. The molecule has 0 spiro atoms. The predicted molar refractivity (Wildman–Crippen MR) is 230 cm³/mol. The molecule has 0 fully saturated rings. The van der Waals surface area contributed by atoms with Crippen molar-refractivity contribution in [2.24, 2.45) is 0 Å². The maximum absolute atomic E-state index is 2.48. The fraction of sp³-hybridized carbons (Fsp3) is 0.0566. The summed E-state index contributed by atoms with van der Waals surface area (Å²) in [6, 6.07) is 73.4. The maximum Gasteiger partial charge on any atom is 0.0540 e. The van der Waals surface area contributed by atoms with Gasteiger partial charge in [0.2, 0.25) is 0 Å². The first-order valence-corrected chi connectivity index (χ1v) is 18.8. The van der Waals surface area contributed by atoms with Gasteiger partial charge < -0.3 is 4.90 Å². The summed E-state index contributed by atoms with van der Waals surface area (Å²) in [5, 5.41) is 5.00. The second-order valence-electron chi connectivity index (χ2n) is 14.9. The molecule has 0 unspecified atom stereocenters. The first-order valence-electron chi connectivity index (χ1n) is 18.8. The van der Waals surface area contributed by atoms with Crippen molar-refractivity contribution >= 4 is 38.6 Å². The Hall–Kier alpha value is -6.70. The highest BCUT2D eigenvalue weighted by Gasteiger charge is 2.36. The van der Waals surface area contributed by atoms with Gasteiger partial charge in [0.25, 0.3) is 0 Å². The summed E-state index contributed by atoms with van der Waals surface area (Å²) in [7, 11) is 0. The van der Waals surface area contributed by atoms with Crippen LogP contribution in [0.25, 0.3) is 66.1 Å². The Morgan fingerprint density at radius 1 is 0.333 bits per heavy atom. The summed E-state index contributed by atoms with van der Waals surface area (Å²) < 4.78 is 0. The first-order chi connectivity index (χ1) is 26.5. The van der Waals surface area contributed by atoms with Crippen LogP contribution >= 0.6 is 0 Å². The van der Waals surface area contributed by atoms with Gasteiger partial charge in [0.15, 0.2) is 0 Å². The summed E-state index contributed by atoms with van der Waals surface area (Å²) in [6.45, 7) is 4.78. The van der Waals surface area contributed by atoms with Crippen LogP contribution in [-0.4, -0.2) is 0 Å². The maximum atomic E-state index is 2.48. The highest BCUT2D eigenvalue weighted by molar-refractivity contribution is 6.02. The van der Waals surface area contributed by atoms with Crippen LogP contribution in [0.1, 0.15) is 25.0 Å². The summed E-state index contributed by atoms with van der Waals surface area (Å²) in [5.41, 5.74) is 16.0. The highest BCUT2D eigenvalue weighted by atomic mass is 15.1. The molecule has 0 bridgehead atoms. The molecule has 0 amide bonds. The summed E-state index contributed by atoms with van der Waals surface area (Å²) in [4.78, 5) is 2.48. The minimum atomic E-state index is -0.196. The van der Waals surface area contributed by atoms with Gasteiger partial charge in [0.05, 0.1) is 11.4 Å². The van der Waals surface area contributed by atoms with Gasteiger partial charge in [-0.15, -0.1) is 0 Å². The summed E-state index contributed by atoms with van der Waals surface area (Å²) in [5.74, 6) is 0. The van der Waals surface area contributed by atoms with Gasteiger partial charge in [-0.3, -0.25) is 0 Å². The van der Waals surface area contributed by atoms with Crippen LogP contribution in [0, 0.1) is 0 Å². The first kappa shape index (κ1) is 32.0. The molecule has 1 aliphatic rings. The fourth-order valence-electron chi connectivity index (χ4n) is 8.71. The Kier molecular flexibility index (Phi) is 7.56. The van der Waals surface area contributed by atoms with Crippen LogP contribution in [0.2, 0.25) is 0 Å². The van der Waals surface area contributed by atoms with Crippen molar-refractivity contribution in [3.8, 4) is 44.5 Å². The van der Waals surface area contributed by atoms with E-state index in [1.165, 1.54) is 77.2 Å². The molecule has 0 atom stereocenters. The topological polar surface area (TPSA) is 3.24 Å². The van der Waals surface area contributed by atoms with Gasteiger partial charge in [-0.05, 0) is 96.6 Å². The molecule has 9 aromatic carbocycles. The molecule has 0 saturated carbocycles. The standard InChI is InChI=1S/C53H39N/c1-53(2)49-34-41(44-23-12-18-38-16-6-8-20-43(38)44)30-32-47(49)48-33-31-42(35-50(48)53)54(52-25-13-19-39-17-7-9-21-45(39)52)51-24-11-10-22-46(51)40-28-26-37(27-29-40)36-14-4-3-5-15-36/h3-35H,1-2H3. The van der Waals surface area contributed by atoms with Gasteiger partial charge in [-0.25, -0.2) is 0 Å². The Balaban J connectivity index is 1.12. The third-order valence-electron chi connectivity index (χ3n) is 11.5. The van der Waals surface area contributed by atoms with E-state index >= 15 is 0 Å². The minimum Gasteiger partial charge on any atom is -0.309 e. The van der Waals surface area contributed by atoms with E-state index < -0.39 is 0 Å². The lowest BCUT2D eigenvalue weighted by molar-refractivity contribution is 0.660. The SMILES string of the molecule is CC1(C)c2cc(-c3cccc4ccccc34)ccc2-c2ccc(N(c3ccccc3-c3ccc(-c4ccccc4)cc3)c3cccc4ccccc34)cc21. The molecular formula is C53H39N. The van der Waals surface area contributed by atoms with E-state index in [1.807, 2.05) is 0 Å². The number of anilines is 3. The number of para-hydroxylation sites is 1. The lowest BCUT2D eigenvalue weighted by Crippen LogP contribution is -2.17. The van der Waals surface area contributed by atoms with E-state index in [2.05, 4.69) is 219 Å². The average molecular weight is 690 g/mol. The second kappa shape index (κ2) is 12.8. The molecule has 9 aromatic rings. The number of nitrogens with zero attached hydrogens (tertiary/aromatic N) is 1. The molecule has 0 saturated heterocycles. The van der Waals surface area contributed by atoms with Gasteiger partial charge in [0, 0.05) is 22.1 Å². The van der Waals surface area contributed by atoms with E-state index in [-0.39, 0.29) is 5.41 Å². The number of fused-ring (bicyclic) bond motifs is 5. The molecule has 0 aromatic heterocycles. The quantitative estimate of drug-likeness (QED) is 0.168. The van der Waals surface area contributed by atoms with Crippen LogP contribution < -0.4 is 4.90 Å². The molecule has 256 valence electrons. The van der Waals surface area contributed by atoms with Crippen molar-refractivity contribution in [1.29, 1.82) is 0 Å². The molecule has 0 heterocycles. The van der Waals surface area contributed by atoms with Crippen LogP contribution in [0.15, 0.2) is 200 Å². The van der Waals surface area contributed by atoms with Crippen molar-refractivity contribution < 1.29 is 0 Å². The zero-order chi connectivity index (χ0) is 36.2. The Morgan fingerprint density at radius 3 is 1.65 bits per heavy atom. The lowest BCUT2D eigenvalue weighted by atomic mass is 9.81. The molecule has 54 heavy (non-hydrogen) atoms.